The molecule has 2 aromatic rings. The molecule has 3 saturated heterocycles. The number of likely N-dealkylation sites (tertiary alicyclic amines) is 1. The number of benzene rings is 2. The summed E-state index contributed by atoms with van der Waals surface area (Å²) < 4.78 is 12.7. The largest absolute Gasteiger partial charge is 0.494 e. The molecule has 8 atom stereocenters. The van der Waals surface area contributed by atoms with Gasteiger partial charge in [0, 0.05) is 24.5 Å². The molecule has 3 aliphatic rings. The first kappa shape index (κ1) is 36.3. The van der Waals surface area contributed by atoms with Gasteiger partial charge in [-0.3, -0.25) is 14.4 Å². The van der Waals surface area contributed by atoms with Crippen molar-refractivity contribution < 1.29 is 29.0 Å². The summed E-state index contributed by atoms with van der Waals surface area (Å²) in [6, 6.07) is 11.5. The van der Waals surface area contributed by atoms with Crippen LogP contribution in [0.25, 0.3) is 0 Å². The Morgan fingerprint density at radius 1 is 1.06 bits per heavy atom. The Bertz CT molecular complexity index is 1570. The van der Waals surface area contributed by atoms with E-state index in [2.05, 4.69) is 13.2 Å². The van der Waals surface area contributed by atoms with Crippen molar-refractivity contribution in [1.82, 2.24) is 4.90 Å². The lowest BCUT2D eigenvalue weighted by Gasteiger charge is -2.41. The van der Waals surface area contributed by atoms with Gasteiger partial charge in [0.15, 0.2) is 0 Å². The molecule has 2 aromatic carbocycles. The van der Waals surface area contributed by atoms with Crippen molar-refractivity contribution in [3.05, 3.63) is 78.9 Å². The van der Waals surface area contributed by atoms with Gasteiger partial charge in [-0.15, -0.1) is 13.2 Å². The molecular formula is C40H53N3O6. The van der Waals surface area contributed by atoms with Crippen LogP contribution in [0.4, 0.5) is 11.4 Å². The van der Waals surface area contributed by atoms with E-state index in [1.807, 2.05) is 90.9 Å². The van der Waals surface area contributed by atoms with Crippen molar-refractivity contribution in [3.8, 4) is 5.75 Å². The first-order valence-electron chi connectivity index (χ1n) is 17.6. The molecule has 3 amide bonds. The molecule has 0 radical (unpaired) electrons. The van der Waals surface area contributed by atoms with Crippen LogP contribution in [-0.4, -0.2) is 77.3 Å². The van der Waals surface area contributed by atoms with Gasteiger partial charge in [-0.05, 0) is 81.3 Å². The van der Waals surface area contributed by atoms with Crippen LogP contribution in [0.3, 0.4) is 0 Å². The van der Waals surface area contributed by atoms with E-state index in [0.29, 0.717) is 30.9 Å². The highest BCUT2D eigenvalue weighted by Crippen LogP contribution is 2.66. The Balaban J connectivity index is 1.68. The molecule has 3 unspecified atom stereocenters. The summed E-state index contributed by atoms with van der Waals surface area (Å²) in [7, 11) is 0. The number of carbonyl (C=O) groups is 3. The van der Waals surface area contributed by atoms with Crippen LogP contribution >= 0.6 is 0 Å². The number of aliphatic hydroxyl groups excluding tert-OH is 1. The summed E-state index contributed by atoms with van der Waals surface area (Å²) in [5.41, 5.74) is 0.951. The first-order valence-corrected chi connectivity index (χ1v) is 17.6. The van der Waals surface area contributed by atoms with Crippen LogP contribution in [0, 0.1) is 37.5 Å². The van der Waals surface area contributed by atoms with Gasteiger partial charge in [-0.2, -0.15) is 0 Å². The second-order valence-electron chi connectivity index (χ2n) is 14.2. The third-order valence-corrected chi connectivity index (χ3v) is 11.4. The zero-order valence-corrected chi connectivity index (χ0v) is 30.1. The van der Waals surface area contributed by atoms with Crippen molar-refractivity contribution in [1.29, 1.82) is 0 Å². The standard InChI is InChI=1S/C40H53N3O6/c1-10-21-41(29-17-19-30(20-18-29)48-13-4)36(45)32-33-37(46)43(31(24-44)25(5)12-3)35(40(33)23-28(8)39(32,9)49-40)38(47)42(22-11-2)34-26(6)15-14-16-27(34)7/h10-11,14-20,25,28,31-33,35,44H,1-2,12-13,21-24H2,3-9H3/t25-,28?,31-,32+,33-,35?,39-,40?/m0/s1. The lowest BCUT2D eigenvalue weighted by molar-refractivity contribution is -0.150. The Hall–Kier alpha value is -3.95. The van der Waals surface area contributed by atoms with Gasteiger partial charge in [-0.1, -0.05) is 57.5 Å². The van der Waals surface area contributed by atoms with E-state index in [9.17, 15) is 9.90 Å². The van der Waals surface area contributed by atoms with E-state index >= 15 is 9.59 Å². The number of para-hydroxylation sites is 1. The summed E-state index contributed by atoms with van der Waals surface area (Å²) in [4.78, 5) is 50.3. The molecule has 9 heteroatoms. The summed E-state index contributed by atoms with van der Waals surface area (Å²) in [6.45, 7) is 22.3. The summed E-state index contributed by atoms with van der Waals surface area (Å²) in [5, 5.41) is 10.9. The van der Waals surface area contributed by atoms with Gasteiger partial charge in [0.1, 0.15) is 17.4 Å². The third kappa shape index (κ3) is 5.78. The molecule has 0 aromatic heterocycles. The van der Waals surface area contributed by atoms with Crippen LogP contribution < -0.4 is 14.5 Å². The molecule has 0 saturated carbocycles. The number of rotatable bonds is 14. The van der Waals surface area contributed by atoms with Crippen LogP contribution in [0.15, 0.2) is 67.8 Å². The molecule has 3 aliphatic heterocycles. The number of anilines is 2. The Kier molecular flexibility index (Phi) is 10.5. The van der Waals surface area contributed by atoms with E-state index in [1.54, 1.807) is 26.9 Å². The topological polar surface area (TPSA) is 99.6 Å². The smallest absolute Gasteiger partial charge is 0.253 e. The maximum atomic E-state index is 15.3. The van der Waals surface area contributed by atoms with Gasteiger partial charge >= 0.3 is 0 Å². The summed E-state index contributed by atoms with van der Waals surface area (Å²) in [5.74, 6) is -2.24. The van der Waals surface area contributed by atoms with E-state index in [4.69, 9.17) is 9.47 Å². The summed E-state index contributed by atoms with van der Waals surface area (Å²) in [6.07, 6.45) is 4.46. The monoisotopic (exact) mass is 671 g/mol. The Morgan fingerprint density at radius 2 is 1.67 bits per heavy atom. The zero-order valence-electron chi connectivity index (χ0n) is 30.1. The van der Waals surface area contributed by atoms with E-state index in [1.165, 1.54) is 0 Å². The molecule has 5 rings (SSSR count). The molecule has 3 heterocycles. The second kappa shape index (κ2) is 14.1. The maximum absolute atomic E-state index is 15.3. The van der Waals surface area contributed by atoms with Crippen molar-refractivity contribution >= 4 is 29.1 Å². The number of aliphatic hydroxyl groups is 1. The number of hydrogen-bond acceptors (Lipinski definition) is 6. The Labute approximate surface area is 291 Å². The molecule has 3 fully saturated rings. The van der Waals surface area contributed by atoms with Gasteiger partial charge in [-0.25, -0.2) is 0 Å². The summed E-state index contributed by atoms with van der Waals surface area (Å²) >= 11 is 0. The molecule has 1 N–H and O–H groups in total. The number of nitrogens with zero attached hydrogens (tertiary/aromatic N) is 3. The minimum Gasteiger partial charge on any atom is -0.494 e. The quantitative estimate of drug-likeness (QED) is 0.253. The second-order valence-corrected chi connectivity index (χ2v) is 14.2. The number of carbonyl (C=O) groups excluding carboxylic acids is 3. The maximum Gasteiger partial charge on any atom is 0.253 e. The molecular weight excluding hydrogens is 618 g/mol. The average molecular weight is 672 g/mol. The van der Waals surface area contributed by atoms with E-state index in [0.717, 1.165) is 16.8 Å². The highest BCUT2D eigenvalue weighted by atomic mass is 16.5. The van der Waals surface area contributed by atoms with Gasteiger partial charge in [0.25, 0.3) is 5.91 Å². The lowest BCUT2D eigenvalue weighted by atomic mass is 9.62. The number of fused-ring (bicyclic) bond motifs is 1. The fourth-order valence-electron chi connectivity index (χ4n) is 8.81. The predicted octanol–water partition coefficient (Wildman–Crippen LogP) is 5.86. The molecule has 1 spiro atoms. The Morgan fingerprint density at radius 3 is 2.22 bits per heavy atom. The normalized spacial score (nSPS) is 28.2. The minimum absolute atomic E-state index is 0.118. The number of aryl methyl sites for hydroxylation is 2. The lowest BCUT2D eigenvalue weighted by Crippen LogP contribution is -2.60. The van der Waals surface area contributed by atoms with E-state index in [-0.39, 0.29) is 49.3 Å². The minimum atomic E-state index is -1.28. The van der Waals surface area contributed by atoms with Crippen molar-refractivity contribution in [3.63, 3.8) is 0 Å². The number of ether oxygens (including phenoxy) is 2. The SMILES string of the molecule is C=CCN(C(=O)[C@H]1[C@H]2C(=O)N([C@@H](CO)[C@@H](C)CC)C(C(=O)N(CC=C)c3c(C)cccc3C)C23CC(C)[C@]1(C)O3)c1ccc(OCC)cc1. The number of amides is 3. The first-order chi connectivity index (χ1) is 23.4. The van der Waals surface area contributed by atoms with Gasteiger partial charge in [0.2, 0.25) is 11.8 Å². The fraction of sp³-hybridized carbons (Fsp3) is 0.525. The molecule has 0 aliphatic carbocycles. The van der Waals surface area contributed by atoms with Crippen LogP contribution in [-0.2, 0) is 19.1 Å². The average Bonchev–Trinajstić information content (AvgIpc) is 3.59. The fourth-order valence-corrected chi connectivity index (χ4v) is 8.81. The van der Waals surface area contributed by atoms with Crippen LogP contribution in [0.1, 0.15) is 58.6 Å². The third-order valence-electron chi connectivity index (χ3n) is 11.4. The van der Waals surface area contributed by atoms with Crippen LogP contribution in [0.2, 0.25) is 0 Å². The molecule has 49 heavy (non-hydrogen) atoms. The highest BCUT2D eigenvalue weighted by molar-refractivity contribution is 6.07. The molecule has 9 nitrogen and oxygen atoms in total. The van der Waals surface area contributed by atoms with Gasteiger partial charge in [0.05, 0.1) is 36.7 Å². The van der Waals surface area contributed by atoms with Crippen molar-refractivity contribution in [2.75, 3.05) is 36.1 Å². The van der Waals surface area contributed by atoms with Crippen LogP contribution in [0.5, 0.6) is 5.75 Å². The molecule has 2 bridgehead atoms. The predicted molar refractivity (Wildman–Crippen MR) is 193 cm³/mol. The van der Waals surface area contributed by atoms with Crippen molar-refractivity contribution in [2.45, 2.75) is 84.6 Å². The number of hydrogen-bond donors (Lipinski definition) is 1. The van der Waals surface area contributed by atoms with Crippen molar-refractivity contribution in [2.24, 2.45) is 23.7 Å². The van der Waals surface area contributed by atoms with E-state index < -0.39 is 35.1 Å². The molecule has 264 valence electrons. The highest BCUT2D eigenvalue weighted by Gasteiger charge is 2.80. The van der Waals surface area contributed by atoms with Gasteiger partial charge < -0.3 is 29.3 Å². The zero-order chi connectivity index (χ0) is 35.8.